The van der Waals surface area contributed by atoms with Crippen LogP contribution in [0, 0.1) is 5.82 Å². The molecule has 7 nitrogen and oxygen atoms in total. The monoisotopic (exact) mass is 599 g/mol. The summed E-state index contributed by atoms with van der Waals surface area (Å²) >= 11 is 9.34. The van der Waals surface area contributed by atoms with E-state index in [1.807, 2.05) is 30.5 Å². The first-order chi connectivity index (χ1) is 18.5. The minimum absolute atomic E-state index is 0.0867. The van der Waals surface area contributed by atoms with Gasteiger partial charge in [-0.1, -0.05) is 23.7 Å². The number of rotatable bonds is 8. The second-order valence-corrected chi connectivity index (χ2v) is 11.1. The van der Waals surface area contributed by atoms with Crippen LogP contribution >= 0.6 is 27.5 Å². The molecule has 0 aliphatic carbocycles. The van der Waals surface area contributed by atoms with Gasteiger partial charge >= 0.3 is 0 Å². The van der Waals surface area contributed by atoms with Crippen molar-refractivity contribution in [2.45, 2.75) is 51.0 Å². The third-order valence-corrected chi connectivity index (χ3v) is 7.88. The van der Waals surface area contributed by atoms with Crippen molar-refractivity contribution in [1.82, 2.24) is 24.4 Å². The summed E-state index contributed by atoms with van der Waals surface area (Å²) in [5.41, 5.74) is 3.31. The van der Waals surface area contributed by atoms with Gasteiger partial charge in [0.1, 0.15) is 22.3 Å². The van der Waals surface area contributed by atoms with Gasteiger partial charge in [-0.25, -0.2) is 19.3 Å². The van der Waals surface area contributed by atoms with Crippen molar-refractivity contribution in [2.75, 3.05) is 19.7 Å². The van der Waals surface area contributed by atoms with Gasteiger partial charge in [0.25, 0.3) is 0 Å². The van der Waals surface area contributed by atoms with Gasteiger partial charge in [0.2, 0.25) is 5.88 Å². The van der Waals surface area contributed by atoms with Crippen molar-refractivity contribution in [1.29, 1.82) is 0 Å². The van der Waals surface area contributed by atoms with Crippen LogP contribution in [0.25, 0.3) is 11.0 Å². The van der Waals surface area contributed by atoms with E-state index in [1.54, 1.807) is 12.1 Å². The van der Waals surface area contributed by atoms with Gasteiger partial charge in [-0.2, -0.15) is 0 Å². The van der Waals surface area contributed by atoms with Gasteiger partial charge in [-0.3, -0.25) is 4.90 Å². The fourth-order valence-corrected chi connectivity index (χ4v) is 5.52. The number of likely N-dealkylation sites (tertiary alicyclic amines) is 1. The Morgan fingerprint density at radius 3 is 2.71 bits per heavy atom. The maximum absolute atomic E-state index is 14.2. The van der Waals surface area contributed by atoms with Crippen LogP contribution in [-0.2, 0) is 24.2 Å². The Labute approximate surface area is 234 Å². The summed E-state index contributed by atoms with van der Waals surface area (Å²) in [5.74, 6) is 1.30. The molecular weight excluding hydrogens is 573 g/mol. The van der Waals surface area contributed by atoms with Crippen LogP contribution in [0.2, 0.25) is 5.02 Å². The molecule has 6 rings (SSSR count). The number of benzene rings is 1. The van der Waals surface area contributed by atoms with Crippen molar-refractivity contribution >= 4 is 38.6 Å². The molecule has 1 unspecified atom stereocenters. The van der Waals surface area contributed by atoms with E-state index in [-0.39, 0.29) is 18.0 Å². The zero-order valence-electron chi connectivity index (χ0n) is 20.8. The van der Waals surface area contributed by atoms with Gasteiger partial charge in [0.15, 0.2) is 0 Å². The summed E-state index contributed by atoms with van der Waals surface area (Å²) < 4.78 is 29.2. The lowest BCUT2D eigenvalue weighted by atomic mass is 10.1. The number of piperidine rings is 1. The third kappa shape index (κ3) is 5.86. The minimum atomic E-state index is -0.323. The quantitative estimate of drug-likeness (QED) is 0.238. The van der Waals surface area contributed by atoms with Crippen LogP contribution in [0.4, 0.5) is 4.39 Å². The molecule has 2 fully saturated rings. The highest BCUT2D eigenvalue weighted by atomic mass is 79.9. The van der Waals surface area contributed by atoms with Crippen LogP contribution in [0.3, 0.4) is 0 Å². The van der Waals surface area contributed by atoms with Gasteiger partial charge in [-0.15, -0.1) is 0 Å². The van der Waals surface area contributed by atoms with Crippen molar-refractivity contribution < 1.29 is 13.9 Å². The van der Waals surface area contributed by atoms with E-state index in [0.29, 0.717) is 22.9 Å². The van der Waals surface area contributed by atoms with E-state index >= 15 is 0 Å². The Hall–Kier alpha value is -2.59. The molecule has 2 saturated heterocycles. The van der Waals surface area contributed by atoms with E-state index < -0.39 is 0 Å². The SMILES string of the molecule is Fc1cc(Cl)ccc1Cc1cccc(OC2CCN(Cc3nc4cc(Br)ncc4n3CC3CCO3)CC2)n1. The molecule has 0 spiro atoms. The topological polar surface area (TPSA) is 65.3 Å². The second kappa shape index (κ2) is 11.3. The van der Waals surface area contributed by atoms with Crippen LogP contribution in [0.5, 0.6) is 5.88 Å². The summed E-state index contributed by atoms with van der Waals surface area (Å²) in [7, 11) is 0. The number of hydrogen-bond acceptors (Lipinski definition) is 6. The van der Waals surface area contributed by atoms with E-state index in [4.69, 9.17) is 26.1 Å². The molecule has 3 aromatic heterocycles. The normalized spacial score (nSPS) is 18.6. The second-order valence-electron chi connectivity index (χ2n) is 9.89. The standard InChI is InChI=1S/C28H28BrClFN5O2/c29-26-14-24-25(15-32-26)36(16-22-8-11-37-22)27(34-24)17-35-9-6-21(7-10-35)38-28-3-1-2-20(33-28)12-18-4-5-19(30)13-23(18)31/h1-5,13-15,21-22H,6-12,16-17H2. The van der Waals surface area contributed by atoms with E-state index in [1.165, 1.54) is 6.07 Å². The molecule has 5 heterocycles. The van der Waals surface area contributed by atoms with E-state index in [2.05, 4.69) is 35.4 Å². The molecule has 0 amide bonds. The Kier molecular flexibility index (Phi) is 7.61. The first-order valence-electron chi connectivity index (χ1n) is 12.9. The van der Waals surface area contributed by atoms with Crippen LogP contribution in [0.15, 0.2) is 53.3 Å². The Morgan fingerprint density at radius 1 is 1.11 bits per heavy atom. The largest absolute Gasteiger partial charge is 0.474 e. The average molecular weight is 601 g/mol. The zero-order valence-corrected chi connectivity index (χ0v) is 23.2. The van der Waals surface area contributed by atoms with Crippen LogP contribution in [-0.4, -0.2) is 56.3 Å². The summed E-state index contributed by atoms with van der Waals surface area (Å²) in [6.45, 7) is 4.22. The van der Waals surface area contributed by atoms with Crippen molar-refractivity contribution in [2.24, 2.45) is 0 Å². The molecule has 10 heteroatoms. The van der Waals surface area contributed by atoms with Gasteiger partial charge in [-0.05, 0) is 65.0 Å². The van der Waals surface area contributed by atoms with Crippen LogP contribution < -0.4 is 4.74 Å². The lowest BCUT2D eigenvalue weighted by Crippen LogP contribution is -2.39. The lowest BCUT2D eigenvalue weighted by molar-refractivity contribution is -0.0592. The third-order valence-electron chi connectivity index (χ3n) is 7.21. The maximum atomic E-state index is 14.2. The van der Waals surface area contributed by atoms with Gasteiger partial charge in [0, 0.05) is 42.9 Å². The molecule has 2 aliphatic heterocycles. The lowest BCUT2D eigenvalue weighted by Gasteiger charge is -2.32. The molecule has 2 aliphatic rings. The van der Waals surface area contributed by atoms with Crippen LogP contribution in [0.1, 0.15) is 36.3 Å². The summed E-state index contributed by atoms with van der Waals surface area (Å²) in [5, 5.41) is 0.386. The van der Waals surface area contributed by atoms with Crippen molar-refractivity contribution in [3.05, 3.63) is 81.2 Å². The Bertz CT molecular complexity index is 1440. The zero-order chi connectivity index (χ0) is 26.1. The van der Waals surface area contributed by atoms with Gasteiger partial charge < -0.3 is 14.0 Å². The van der Waals surface area contributed by atoms with E-state index in [9.17, 15) is 4.39 Å². The molecule has 4 aromatic rings. The molecule has 1 atom stereocenters. The number of nitrogens with zero attached hydrogens (tertiary/aromatic N) is 5. The molecule has 0 radical (unpaired) electrons. The molecule has 0 N–H and O–H groups in total. The fourth-order valence-electron chi connectivity index (χ4n) is 5.04. The molecule has 1 aromatic carbocycles. The highest BCUT2D eigenvalue weighted by molar-refractivity contribution is 9.10. The average Bonchev–Trinajstić information content (AvgIpc) is 3.20. The molecule has 38 heavy (non-hydrogen) atoms. The Morgan fingerprint density at radius 2 is 1.95 bits per heavy atom. The number of imidazole rings is 1. The highest BCUT2D eigenvalue weighted by Gasteiger charge is 2.25. The Balaban J connectivity index is 1.07. The number of aromatic nitrogens is 4. The number of hydrogen-bond donors (Lipinski definition) is 0. The van der Waals surface area contributed by atoms with Crippen molar-refractivity contribution in [3.63, 3.8) is 0 Å². The number of fused-ring (bicyclic) bond motifs is 1. The molecular formula is C28H28BrClFN5O2. The predicted octanol–water partition coefficient (Wildman–Crippen LogP) is 5.80. The number of halogens is 3. The predicted molar refractivity (Wildman–Crippen MR) is 147 cm³/mol. The van der Waals surface area contributed by atoms with Gasteiger partial charge in [0.05, 0.1) is 36.4 Å². The molecule has 0 bridgehead atoms. The minimum Gasteiger partial charge on any atom is -0.474 e. The highest BCUT2D eigenvalue weighted by Crippen LogP contribution is 2.25. The summed E-state index contributed by atoms with van der Waals surface area (Å²) in [6.07, 6.45) is 5.48. The summed E-state index contributed by atoms with van der Waals surface area (Å²) in [4.78, 5) is 16.4. The summed E-state index contributed by atoms with van der Waals surface area (Å²) in [6, 6.07) is 12.4. The first-order valence-corrected chi connectivity index (χ1v) is 14.1. The van der Waals surface area contributed by atoms with Crippen molar-refractivity contribution in [3.8, 4) is 5.88 Å². The molecule has 0 saturated carbocycles. The fraction of sp³-hybridized carbons (Fsp3) is 0.393. The first kappa shape index (κ1) is 25.7. The molecule has 198 valence electrons. The smallest absolute Gasteiger partial charge is 0.213 e. The van der Waals surface area contributed by atoms with E-state index in [0.717, 1.165) is 79.2 Å². The maximum Gasteiger partial charge on any atom is 0.213 e. The number of pyridine rings is 2. The number of ether oxygens (including phenoxy) is 2.